The molecule has 1 aliphatic rings. The van der Waals surface area contributed by atoms with Crippen molar-refractivity contribution < 1.29 is 0 Å². The lowest BCUT2D eigenvalue weighted by molar-refractivity contribution is 0.235. The van der Waals surface area contributed by atoms with Crippen LogP contribution in [0, 0.1) is 5.92 Å². The van der Waals surface area contributed by atoms with Crippen molar-refractivity contribution in [3.05, 3.63) is 30.0 Å². The lowest BCUT2D eigenvalue weighted by atomic mass is 9.78. The summed E-state index contributed by atoms with van der Waals surface area (Å²) in [4.78, 5) is 0. The van der Waals surface area contributed by atoms with Crippen molar-refractivity contribution in [2.45, 2.75) is 45.2 Å². The Morgan fingerprint density at radius 1 is 1.37 bits per heavy atom. The first-order chi connectivity index (χ1) is 9.33. The van der Waals surface area contributed by atoms with E-state index in [2.05, 4.69) is 48.2 Å². The molecule has 1 aliphatic carbocycles. The molecule has 3 heteroatoms. The van der Waals surface area contributed by atoms with Crippen molar-refractivity contribution in [2.75, 3.05) is 7.05 Å². The van der Waals surface area contributed by atoms with Gasteiger partial charge in [0.1, 0.15) is 0 Å². The van der Waals surface area contributed by atoms with Gasteiger partial charge in [-0.1, -0.05) is 24.6 Å². The van der Waals surface area contributed by atoms with Crippen LogP contribution in [-0.4, -0.2) is 22.9 Å². The summed E-state index contributed by atoms with van der Waals surface area (Å²) in [6.07, 6.45) is 5.19. The fourth-order valence-corrected chi connectivity index (χ4v) is 3.14. The van der Waals surface area contributed by atoms with Gasteiger partial charge in [-0.25, -0.2) is 0 Å². The minimum absolute atomic E-state index is 0.581. The molecule has 1 aromatic heterocycles. The van der Waals surface area contributed by atoms with Crippen molar-refractivity contribution in [1.29, 1.82) is 0 Å². The van der Waals surface area contributed by atoms with E-state index in [1.807, 2.05) is 0 Å². The third-order valence-electron chi connectivity index (χ3n) is 4.54. The highest BCUT2D eigenvalue weighted by molar-refractivity contribution is 5.82. The largest absolute Gasteiger partial charge is 0.316 e. The normalized spacial score (nSPS) is 17.6. The predicted octanol–water partition coefficient (Wildman–Crippen LogP) is 2.99. The predicted molar refractivity (Wildman–Crippen MR) is 79.3 cm³/mol. The Morgan fingerprint density at radius 2 is 2.16 bits per heavy atom. The Hall–Kier alpha value is -1.35. The zero-order valence-corrected chi connectivity index (χ0v) is 11.9. The summed E-state index contributed by atoms with van der Waals surface area (Å²) in [6, 6.07) is 9.18. The number of fused-ring (bicyclic) bond motifs is 1. The number of aryl methyl sites for hydroxylation is 1. The maximum Gasteiger partial charge on any atom is 0.0718 e. The van der Waals surface area contributed by atoms with Crippen LogP contribution in [0.15, 0.2) is 24.3 Å². The van der Waals surface area contributed by atoms with E-state index in [1.54, 1.807) is 0 Å². The van der Waals surface area contributed by atoms with Crippen molar-refractivity contribution in [3.8, 4) is 0 Å². The molecular formula is C16H23N3. The summed E-state index contributed by atoms with van der Waals surface area (Å²) in [6.45, 7) is 3.10. The Morgan fingerprint density at radius 3 is 2.79 bits per heavy atom. The first kappa shape index (κ1) is 12.7. The molecule has 3 nitrogen and oxygen atoms in total. The zero-order chi connectivity index (χ0) is 13.2. The molecule has 3 rings (SSSR count). The molecule has 1 unspecified atom stereocenters. The van der Waals surface area contributed by atoms with Gasteiger partial charge in [0.25, 0.3) is 0 Å². The Bertz CT molecular complexity index is 554. The van der Waals surface area contributed by atoms with Crippen LogP contribution in [0.3, 0.4) is 0 Å². The molecule has 102 valence electrons. The molecule has 0 amide bonds. The third kappa shape index (κ3) is 2.27. The number of hydrogen-bond donors (Lipinski definition) is 1. The number of nitrogens with zero attached hydrogens (tertiary/aromatic N) is 2. The Kier molecular flexibility index (Phi) is 3.56. The first-order valence-corrected chi connectivity index (χ1v) is 7.45. The van der Waals surface area contributed by atoms with Gasteiger partial charge < -0.3 is 5.32 Å². The lowest BCUT2D eigenvalue weighted by Crippen LogP contribution is -2.39. The summed E-state index contributed by atoms with van der Waals surface area (Å²) < 4.78 is 2.12. The fourth-order valence-electron chi connectivity index (χ4n) is 3.14. The molecule has 1 atom stereocenters. The second-order valence-electron chi connectivity index (χ2n) is 5.57. The molecule has 0 saturated heterocycles. The molecular weight excluding hydrogens is 234 g/mol. The van der Waals surface area contributed by atoms with E-state index in [9.17, 15) is 0 Å². The number of hydrogen-bond acceptors (Lipinski definition) is 2. The van der Waals surface area contributed by atoms with E-state index >= 15 is 0 Å². The number of rotatable bonds is 5. The zero-order valence-electron chi connectivity index (χ0n) is 11.9. The van der Waals surface area contributed by atoms with E-state index in [-0.39, 0.29) is 0 Å². The quantitative estimate of drug-likeness (QED) is 0.892. The minimum Gasteiger partial charge on any atom is -0.316 e. The van der Waals surface area contributed by atoms with E-state index in [4.69, 9.17) is 5.10 Å². The number of para-hydroxylation sites is 1. The average Bonchev–Trinajstić information content (AvgIpc) is 2.74. The molecule has 1 N–H and O–H groups in total. The summed E-state index contributed by atoms with van der Waals surface area (Å²) in [7, 11) is 2.09. The second kappa shape index (κ2) is 5.33. The van der Waals surface area contributed by atoms with Gasteiger partial charge in [0, 0.05) is 24.4 Å². The van der Waals surface area contributed by atoms with Crippen LogP contribution >= 0.6 is 0 Å². The number of nitrogens with one attached hydrogen (secondary N) is 1. The second-order valence-corrected chi connectivity index (χ2v) is 5.57. The van der Waals surface area contributed by atoms with Gasteiger partial charge >= 0.3 is 0 Å². The third-order valence-corrected chi connectivity index (χ3v) is 4.54. The van der Waals surface area contributed by atoms with Crippen molar-refractivity contribution in [1.82, 2.24) is 15.1 Å². The minimum atomic E-state index is 0.581. The van der Waals surface area contributed by atoms with Crippen molar-refractivity contribution >= 4 is 10.9 Å². The van der Waals surface area contributed by atoms with Crippen LogP contribution in [0.25, 0.3) is 10.9 Å². The summed E-state index contributed by atoms with van der Waals surface area (Å²) in [5, 5.41) is 9.63. The number of aromatic nitrogens is 2. The van der Waals surface area contributed by atoms with E-state index in [1.165, 1.54) is 35.9 Å². The van der Waals surface area contributed by atoms with Crippen LogP contribution in [0.4, 0.5) is 0 Å². The molecule has 0 aliphatic heterocycles. The van der Waals surface area contributed by atoms with Crippen LogP contribution in [0.2, 0.25) is 0 Å². The average molecular weight is 257 g/mol. The molecule has 19 heavy (non-hydrogen) atoms. The van der Waals surface area contributed by atoms with Crippen LogP contribution < -0.4 is 5.32 Å². The Labute approximate surface area is 115 Å². The van der Waals surface area contributed by atoms with E-state index in [0.717, 1.165) is 18.9 Å². The molecule has 0 spiro atoms. The van der Waals surface area contributed by atoms with Gasteiger partial charge in [0.2, 0.25) is 0 Å². The molecule has 2 aromatic rings. The van der Waals surface area contributed by atoms with E-state index in [0.29, 0.717) is 6.04 Å². The number of likely N-dealkylation sites (N-methyl/N-ethyl adjacent to an activating group) is 1. The van der Waals surface area contributed by atoms with Crippen molar-refractivity contribution in [3.63, 3.8) is 0 Å². The maximum atomic E-state index is 4.81. The summed E-state index contributed by atoms with van der Waals surface area (Å²) in [5.41, 5.74) is 2.52. The van der Waals surface area contributed by atoms with Gasteiger partial charge in [-0.3, -0.25) is 4.68 Å². The standard InChI is InChI=1S/C16H23N3/c1-3-19-16-10-5-4-9-13(16)15(18-19)11-14(17-2)12-7-6-8-12/h4-5,9-10,12,14,17H,3,6-8,11H2,1-2H3. The molecule has 0 bridgehead atoms. The number of benzene rings is 1. The highest BCUT2D eigenvalue weighted by Gasteiger charge is 2.27. The fraction of sp³-hybridized carbons (Fsp3) is 0.562. The smallest absolute Gasteiger partial charge is 0.0718 e. The highest BCUT2D eigenvalue weighted by Crippen LogP contribution is 2.31. The van der Waals surface area contributed by atoms with Crippen LogP contribution in [0.5, 0.6) is 0 Å². The summed E-state index contributed by atoms with van der Waals surface area (Å²) >= 11 is 0. The van der Waals surface area contributed by atoms with Gasteiger partial charge in [-0.15, -0.1) is 0 Å². The van der Waals surface area contributed by atoms with Gasteiger partial charge in [0.05, 0.1) is 11.2 Å². The molecule has 1 fully saturated rings. The SMILES string of the molecule is CCn1nc(CC(NC)C2CCC2)c2ccccc21. The molecule has 1 heterocycles. The Balaban J connectivity index is 1.91. The van der Waals surface area contributed by atoms with Gasteiger partial charge in [0.15, 0.2) is 0 Å². The highest BCUT2D eigenvalue weighted by atomic mass is 15.3. The first-order valence-electron chi connectivity index (χ1n) is 7.45. The lowest BCUT2D eigenvalue weighted by Gasteiger charge is -2.33. The molecule has 0 radical (unpaired) electrons. The van der Waals surface area contributed by atoms with Gasteiger partial charge in [-0.2, -0.15) is 5.10 Å². The van der Waals surface area contributed by atoms with Crippen molar-refractivity contribution in [2.24, 2.45) is 5.92 Å². The van der Waals surface area contributed by atoms with Gasteiger partial charge in [-0.05, 0) is 38.8 Å². The van der Waals surface area contributed by atoms with Crippen LogP contribution in [0.1, 0.15) is 31.9 Å². The monoisotopic (exact) mass is 257 g/mol. The van der Waals surface area contributed by atoms with E-state index < -0.39 is 0 Å². The summed E-state index contributed by atoms with van der Waals surface area (Å²) in [5.74, 6) is 0.843. The van der Waals surface area contributed by atoms with Crippen LogP contribution in [-0.2, 0) is 13.0 Å². The topological polar surface area (TPSA) is 29.9 Å². The molecule has 1 aromatic carbocycles. The maximum absolute atomic E-state index is 4.81. The molecule has 1 saturated carbocycles.